The molecule has 1 heterocycles. The highest BCUT2D eigenvalue weighted by Crippen LogP contribution is 2.34. The van der Waals surface area contributed by atoms with Crippen molar-refractivity contribution in [3.8, 4) is 0 Å². The maximum absolute atomic E-state index is 12.2. The first-order valence-corrected chi connectivity index (χ1v) is 8.47. The number of hydrogen-bond acceptors (Lipinski definition) is 5. The molecule has 1 fully saturated rings. The minimum atomic E-state index is -1.20. The van der Waals surface area contributed by atoms with Crippen LogP contribution in [0, 0.1) is 11.8 Å². The lowest BCUT2D eigenvalue weighted by molar-refractivity contribution is -0.138. The Balaban J connectivity index is 2.46. The molecule has 2 aliphatic rings. The van der Waals surface area contributed by atoms with E-state index in [9.17, 15) is 19.5 Å². The molecule has 1 saturated heterocycles. The third kappa shape index (κ3) is 4.07. The van der Waals surface area contributed by atoms with Crippen LogP contribution in [0.2, 0.25) is 0 Å². The van der Waals surface area contributed by atoms with Gasteiger partial charge in [0, 0.05) is 17.1 Å². The second-order valence-electron chi connectivity index (χ2n) is 6.93. The predicted octanol–water partition coefficient (Wildman–Crippen LogP) is 1.45. The first kappa shape index (κ1) is 19.1. The van der Waals surface area contributed by atoms with E-state index in [0.29, 0.717) is 24.7 Å². The number of aliphatic hydroxyl groups is 1. The lowest BCUT2D eigenvalue weighted by Crippen LogP contribution is -2.51. The lowest BCUT2D eigenvalue weighted by Gasteiger charge is -2.31. The van der Waals surface area contributed by atoms with Crippen LogP contribution in [-0.2, 0) is 19.1 Å². The van der Waals surface area contributed by atoms with E-state index in [1.54, 1.807) is 19.9 Å². The average Bonchev–Trinajstić information content (AvgIpc) is 2.82. The smallest absolute Gasteiger partial charge is 0.334 e. The number of ether oxygens (including phenoxy) is 1. The van der Waals surface area contributed by atoms with Crippen LogP contribution in [0.15, 0.2) is 35.5 Å². The maximum Gasteiger partial charge on any atom is 0.334 e. The van der Waals surface area contributed by atoms with Crippen LogP contribution in [0.1, 0.15) is 33.6 Å². The van der Waals surface area contributed by atoms with E-state index in [1.165, 1.54) is 0 Å². The molecule has 0 radical (unpaired) electrons. The molecular formula is C19H25NO5. The van der Waals surface area contributed by atoms with Gasteiger partial charge in [-0.1, -0.05) is 32.1 Å². The van der Waals surface area contributed by atoms with Gasteiger partial charge in [-0.25, -0.2) is 4.79 Å². The van der Waals surface area contributed by atoms with Crippen molar-refractivity contribution in [3.05, 3.63) is 35.5 Å². The fourth-order valence-corrected chi connectivity index (χ4v) is 3.12. The lowest BCUT2D eigenvalue weighted by atomic mass is 9.82. The number of nitrogens with one attached hydrogen (secondary N) is 1. The number of aldehydes is 1. The van der Waals surface area contributed by atoms with Gasteiger partial charge < -0.3 is 15.2 Å². The Morgan fingerprint density at radius 1 is 1.48 bits per heavy atom. The van der Waals surface area contributed by atoms with E-state index < -0.39 is 30.1 Å². The Hall–Kier alpha value is -2.21. The Labute approximate surface area is 147 Å². The first-order valence-electron chi connectivity index (χ1n) is 8.47. The normalized spacial score (nSPS) is 34.3. The summed E-state index contributed by atoms with van der Waals surface area (Å²) in [6.07, 6.45) is 3.59. The Bertz CT molecular complexity index is 646. The van der Waals surface area contributed by atoms with E-state index in [0.717, 1.165) is 5.57 Å². The molecule has 0 aromatic rings. The Kier molecular flexibility index (Phi) is 5.95. The summed E-state index contributed by atoms with van der Waals surface area (Å²) in [5.41, 5.74) is 1.44. The number of aliphatic hydroxyl groups excluding tert-OH is 1. The van der Waals surface area contributed by atoms with E-state index in [1.807, 2.05) is 13.0 Å². The summed E-state index contributed by atoms with van der Waals surface area (Å²) < 4.78 is 5.32. The molecule has 25 heavy (non-hydrogen) atoms. The topological polar surface area (TPSA) is 92.7 Å². The summed E-state index contributed by atoms with van der Waals surface area (Å²) in [5.74, 6) is -1.88. The molecule has 2 rings (SSSR count). The zero-order valence-electron chi connectivity index (χ0n) is 14.8. The van der Waals surface area contributed by atoms with Gasteiger partial charge in [0.2, 0.25) is 5.91 Å². The predicted molar refractivity (Wildman–Crippen MR) is 92.4 cm³/mol. The van der Waals surface area contributed by atoms with Gasteiger partial charge in [-0.2, -0.15) is 0 Å². The van der Waals surface area contributed by atoms with E-state index >= 15 is 0 Å². The standard InChI is InChI=1S/C19H25NO5/c1-10(2)18(23)20-16-13(9-21)7-5-6-11(3)8-14-15(17(16)22)12(4)19(24)25-14/h7-10,14-17,22H,4-6H2,1-3H3,(H,20,23)/b11-8+,13-7-/t14-,15+,16?,17+/m1/s1. The van der Waals surface area contributed by atoms with Crippen molar-refractivity contribution in [1.82, 2.24) is 5.32 Å². The molecule has 6 nitrogen and oxygen atoms in total. The molecule has 2 N–H and O–H groups in total. The van der Waals surface area contributed by atoms with Crippen LogP contribution in [0.4, 0.5) is 0 Å². The molecular weight excluding hydrogens is 322 g/mol. The third-order valence-corrected chi connectivity index (χ3v) is 4.66. The fourth-order valence-electron chi connectivity index (χ4n) is 3.12. The monoisotopic (exact) mass is 347 g/mol. The van der Waals surface area contributed by atoms with Gasteiger partial charge in [-0.05, 0) is 25.8 Å². The van der Waals surface area contributed by atoms with E-state index in [-0.39, 0.29) is 17.4 Å². The maximum atomic E-state index is 12.2. The van der Waals surface area contributed by atoms with Crippen molar-refractivity contribution in [3.63, 3.8) is 0 Å². The van der Waals surface area contributed by atoms with Crippen molar-refractivity contribution in [2.75, 3.05) is 0 Å². The second-order valence-corrected chi connectivity index (χ2v) is 6.93. The quantitative estimate of drug-likeness (QED) is 0.349. The Morgan fingerprint density at radius 3 is 2.76 bits per heavy atom. The number of esters is 1. The van der Waals surface area contributed by atoms with Crippen molar-refractivity contribution in [1.29, 1.82) is 0 Å². The molecule has 1 aliphatic carbocycles. The molecule has 0 bridgehead atoms. The number of fused-ring (bicyclic) bond motifs is 1. The molecule has 4 atom stereocenters. The second kappa shape index (κ2) is 7.78. The molecule has 0 saturated carbocycles. The third-order valence-electron chi connectivity index (χ3n) is 4.66. The number of carbonyl (C=O) groups is 3. The molecule has 0 aromatic heterocycles. The zero-order valence-corrected chi connectivity index (χ0v) is 14.8. The molecule has 1 unspecified atom stereocenters. The largest absolute Gasteiger partial charge is 0.454 e. The van der Waals surface area contributed by atoms with Crippen LogP contribution >= 0.6 is 0 Å². The molecule has 136 valence electrons. The van der Waals surface area contributed by atoms with Gasteiger partial charge in [0.05, 0.1) is 18.1 Å². The van der Waals surface area contributed by atoms with Gasteiger partial charge in [0.25, 0.3) is 0 Å². The molecule has 0 spiro atoms. The zero-order chi connectivity index (χ0) is 18.7. The average molecular weight is 347 g/mol. The van der Waals surface area contributed by atoms with Crippen LogP contribution in [0.5, 0.6) is 0 Å². The van der Waals surface area contributed by atoms with Crippen LogP contribution in [0.25, 0.3) is 0 Å². The fraction of sp³-hybridized carbons (Fsp3) is 0.526. The summed E-state index contributed by atoms with van der Waals surface area (Å²) in [6, 6.07) is -0.919. The van der Waals surface area contributed by atoms with Crippen molar-refractivity contribution in [2.45, 2.75) is 51.9 Å². The minimum Gasteiger partial charge on any atom is -0.454 e. The van der Waals surface area contributed by atoms with Crippen LogP contribution in [0.3, 0.4) is 0 Å². The molecule has 6 heteroatoms. The summed E-state index contributed by atoms with van der Waals surface area (Å²) >= 11 is 0. The molecule has 0 aromatic carbocycles. The SMILES string of the molecule is C=C1C(=O)O[C@@H]2/C=C(\C)CC/C=C(/C=O)C(NC(=O)C(C)C)[C@@H](O)[C@@H]12. The summed E-state index contributed by atoms with van der Waals surface area (Å²) in [7, 11) is 0. The van der Waals surface area contributed by atoms with E-state index in [4.69, 9.17) is 4.74 Å². The van der Waals surface area contributed by atoms with Crippen molar-refractivity contribution >= 4 is 18.2 Å². The van der Waals surface area contributed by atoms with Gasteiger partial charge >= 0.3 is 5.97 Å². The summed E-state index contributed by atoms with van der Waals surface area (Å²) in [4.78, 5) is 35.7. The summed E-state index contributed by atoms with van der Waals surface area (Å²) in [6.45, 7) is 9.09. The number of hydrogen-bond donors (Lipinski definition) is 2. The van der Waals surface area contributed by atoms with Gasteiger partial charge in [-0.15, -0.1) is 0 Å². The number of amides is 1. The summed E-state index contributed by atoms with van der Waals surface area (Å²) in [5, 5.41) is 13.7. The number of rotatable bonds is 3. The highest BCUT2D eigenvalue weighted by molar-refractivity contribution is 5.91. The van der Waals surface area contributed by atoms with Gasteiger partial charge in [0.15, 0.2) is 0 Å². The van der Waals surface area contributed by atoms with Crippen LogP contribution < -0.4 is 5.32 Å². The van der Waals surface area contributed by atoms with Gasteiger partial charge in [-0.3, -0.25) is 9.59 Å². The highest BCUT2D eigenvalue weighted by Gasteiger charge is 2.45. The number of carbonyl (C=O) groups excluding carboxylic acids is 3. The van der Waals surface area contributed by atoms with Gasteiger partial charge in [0.1, 0.15) is 12.4 Å². The highest BCUT2D eigenvalue weighted by atomic mass is 16.6. The minimum absolute atomic E-state index is 0.149. The van der Waals surface area contributed by atoms with Crippen molar-refractivity contribution < 1.29 is 24.2 Å². The molecule has 1 amide bonds. The first-order chi connectivity index (χ1) is 11.8. The number of allylic oxidation sites excluding steroid dienone is 2. The van der Waals surface area contributed by atoms with Crippen LogP contribution in [-0.4, -0.2) is 41.5 Å². The molecule has 1 aliphatic heterocycles. The van der Waals surface area contributed by atoms with E-state index in [2.05, 4.69) is 11.9 Å². The Morgan fingerprint density at radius 2 is 2.16 bits per heavy atom. The van der Waals surface area contributed by atoms with Crippen molar-refractivity contribution in [2.24, 2.45) is 11.8 Å².